The van der Waals surface area contributed by atoms with E-state index < -0.39 is 0 Å². The number of nitrogens with zero attached hydrogens (tertiary/aromatic N) is 5. The van der Waals surface area contributed by atoms with Crippen molar-refractivity contribution in [3.63, 3.8) is 0 Å². The number of hydrogen-bond acceptors (Lipinski definition) is 7. The Kier molecular flexibility index (Phi) is 4.46. The molecule has 0 spiro atoms. The third-order valence-electron chi connectivity index (χ3n) is 4.62. The number of nitrogens with one attached hydrogen (secondary N) is 2. The summed E-state index contributed by atoms with van der Waals surface area (Å²) in [5.74, 6) is 2.47. The van der Waals surface area contributed by atoms with Crippen molar-refractivity contribution in [2.45, 2.75) is 38.9 Å². The number of aromatic amines is 1. The van der Waals surface area contributed by atoms with Crippen molar-refractivity contribution < 1.29 is 9.47 Å². The Hall–Kier alpha value is -2.68. The summed E-state index contributed by atoms with van der Waals surface area (Å²) in [6.07, 6.45) is 6.14. The van der Waals surface area contributed by atoms with E-state index >= 15 is 0 Å². The number of aromatic nitrogens is 6. The summed E-state index contributed by atoms with van der Waals surface area (Å²) in [5.41, 5.74) is 1.38. The molecule has 0 bridgehead atoms. The van der Waals surface area contributed by atoms with Crippen molar-refractivity contribution >= 4 is 17.0 Å². The average Bonchev–Trinajstić information content (AvgIpc) is 3.25. The maximum absolute atomic E-state index is 5.80. The second-order valence-electron chi connectivity index (χ2n) is 6.79. The van der Waals surface area contributed by atoms with Gasteiger partial charge in [-0.15, -0.1) is 5.10 Å². The van der Waals surface area contributed by atoms with E-state index in [0.717, 1.165) is 30.7 Å². The molecular formula is C17H23N7O2. The van der Waals surface area contributed by atoms with Crippen LogP contribution >= 0.6 is 0 Å². The van der Waals surface area contributed by atoms with Crippen molar-refractivity contribution in [3.8, 4) is 11.7 Å². The van der Waals surface area contributed by atoms with E-state index in [2.05, 4.69) is 44.4 Å². The van der Waals surface area contributed by atoms with Gasteiger partial charge in [0.2, 0.25) is 5.88 Å². The number of rotatable bonds is 5. The van der Waals surface area contributed by atoms with Crippen molar-refractivity contribution in [1.29, 1.82) is 0 Å². The van der Waals surface area contributed by atoms with E-state index in [0.29, 0.717) is 35.5 Å². The maximum atomic E-state index is 5.80. The highest BCUT2D eigenvalue weighted by Crippen LogP contribution is 2.25. The van der Waals surface area contributed by atoms with Gasteiger partial charge in [-0.05, 0) is 32.6 Å². The molecule has 0 radical (unpaired) electrons. The van der Waals surface area contributed by atoms with Gasteiger partial charge in [0, 0.05) is 12.6 Å². The van der Waals surface area contributed by atoms with E-state index in [-0.39, 0.29) is 0 Å². The molecule has 3 aromatic heterocycles. The zero-order valence-corrected chi connectivity index (χ0v) is 15.1. The van der Waals surface area contributed by atoms with Crippen LogP contribution in [0.25, 0.3) is 17.0 Å². The molecule has 1 fully saturated rings. The van der Waals surface area contributed by atoms with Gasteiger partial charge >= 0.3 is 0 Å². The molecule has 1 saturated heterocycles. The minimum atomic E-state index is 0.302. The van der Waals surface area contributed by atoms with Gasteiger partial charge in [0.15, 0.2) is 11.5 Å². The third kappa shape index (κ3) is 3.34. The van der Waals surface area contributed by atoms with E-state index in [1.165, 1.54) is 0 Å². The molecule has 2 unspecified atom stereocenters. The van der Waals surface area contributed by atoms with Crippen molar-refractivity contribution in [2.24, 2.45) is 5.92 Å². The third-order valence-corrected chi connectivity index (χ3v) is 4.62. The molecule has 2 atom stereocenters. The van der Waals surface area contributed by atoms with Crippen LogP contribution in [0.15, 0.2) is 18.5 Å². The Morgan fingerprint density at radius 2 is 2.12 bits per heavy atom. The van der Waals surface area contributed by atoms with Crippen LogP contribution < -0.4 is 10.1 Å². The standard InChI is InChI=1S/C17H23N7O2/c1-10-4-12(5-11(2)26-10)7-19-14-9-18-13-8-20-24(17(13)21-14)15-6-16(25-3)23-22-15/h6,8-12H,4-5,7H2,1-3H3,(H,19,21)(H,22,23). The van der Waals surface area contributed by atoms with Crippen molar-refractivity contribution in [1.82, 2.24) is 29.9 Å². The number of anilines is 1. The first-order valence-electron chi connectivity index (χ1n) is 8.82. The molecule has 138 valence electrons. The largest absolute Gasteiger partial charge is 0.480 e. The zero-order chi connectivity index (χ0) is 18.1. The van der Waals surface area contributed by atoms with Crippen LogP contribution in [-0.4, -0.2) is 55.8 Å². The Balaban J connectivity index is 1.52. The molecule has 9 nitrogen and oxygen atoms in total. The van der Waals surface area contributed by atoms with E-state index in [1.807, 2.05) is 0 Å². The fraction of sp³-hybridized carbons (Fsp3) is 0.529. The number of fused-ring (bicyclic) bond motifs is 1. The summed E-state index contributed by atoms with van der Waals surface area (Å²) in [7, 11) is 1.57. The molecular weight excluding hydrogens is 334 g/mol. The summed E-state index contributed by atoms with van der Waals surface area (Å²) in [5, 5.41) is 14.7. The monoisotopic (exact) mass is 357 g/mol. The number of H-pyrrole nitrogens is 1. The van der Waals surface area contributed by atoms with Gasteiger partial charge < -0.3 is 14.8 Å². The Morgan fingerprint density at radius 3 is 2.85 bits per heavy atom. The van der Waals surface area contributed by atoms with Gasteiger partial charge in [-0.1, -0.05) is 0 Å². The normalized spacial score (nSPS) is 23.3. The van der Waals surface area contributed by atoms with Gasteiger partial charge in [-0.2, -0.15) is 9.78 Å². The molecule has 2 N–H and O–H groups in total. The zero-order valence-electron chi connectivity index (χ0n) is 15.1. The lowest BCUT2D eigenvalue weighted by atomic mass is 9.92. The van der Waals surface area contributed by atoms with Crippen LogP contribution in [0.2, 0.25) is 0 Å². The second kappa shape index (κ2) is 6.91. The molecule has 1 aliphatic rings. The van der Waals surface area contributed by atoms with Gasteiger partial charge in [0.05, 0.1) is 31.7 Å². The van der Waals surface area contributed by atoms with Gasteiger partial charge in [0.25, 0.3) is 0 Å². The van der Waals surface area contributed by atoms with Crippen LogP contribution in [0.3, 0.4) is 0 Å². The Labute approximate surface area is 151 Å². The van der Waals surface area contributed by atoms with Gasteiger partial charge in [0.1, 0.15) is 11.3 Å². The van der Waals surface area contributed by atoms with E-state index in [9.17, 15) is 0 Å². The SMILES string of the molecule is COc1cc(-n2ncc3ncc(NCC4CC(C)OC(C)C4)nc32)[nH]n1. The summed E-state index contributed by atoms with van der Waals surface area (Å²) in [4.78, 5) is 9.13. The van der Waals surface area contributed by atoms with Crippen LogP contribution in [0.4, 0.5) is 5.82 Å². The minimum absolute atomic E-state index is 0.302. The fourth-order valence-electron chi connectivity index (χ4n) is 3.53. The summed E-state index contributed by atoms with van der Waals surface area (Å²) in [6.45, 7) is 5.11. The predicted molar refractivity (Wildman–Crippen MR) is 96.6 cm³/mol. The molecule has 3 aromatic rings. The average molecular weight is 357 g/mol. The van der Waals surface area contributed by atoms with E-state index in [1.54, 1.807) is 30.3 Å². The van der Waals surface area contributed by atoms with Gasteiger partial charge in [-0.3, -0.25) is 5.10 Å². The molecule has 0 saturated carbocycles. The lowest BCUT2D eigenvalue weighted by Gasteiger charge is -2.32. The lowest BCUT2D eigenvalue weighted by Crippen LogP contribution is -2.32. The van der Waals surface area contributed by atoms with Gasteiger partial charge in [-0.25, -0.2) is 9.97 Å². The first-order valence-corrected chi connectivity index (χ1v) is 8.82. The highest BCUT2D eigenvalue weighted by molar-refractivity contribution is 5.72. The molecule has 0 aromatic carbocycles. The fourth-order valence-corrected chi connectivity index (χ4v) is 3.53. The quantitative estimate of drug-likeness (QED) is 0.721. The van der Waals surface area contributed by atoms with Crippen LogP contribution in [0.1, 0.15) is 26.7 Å². The Bertz CT molecular complexity index is 880. The number of methoxy groups -OCH3 is 1. The molecule has 4 rings (SSSR count). The minimum Gasteiger partial charge on any atom is -0.480 e. The number of hydrogen-bond donors (Lipinski definition) is 2. The highest BCUT2D eigenvalue weighted by atomic mass is 16.5. The molecule has 9 heteroatoms. The smallest absolute Gasteiger partial charge is 0.234 e. The Morgan fingerprint density at radius 1 is 1.31 bits per heavy atom. The lowest BCUT2D eigenvalue weighted by molar-refractivity contribution is -0.0495. The topological polar surface area (TPSA) is 103 Å². The molecule has 26 heavy (non-hydrogen) atoms. The summed E-state index contributed by atoms with van der Waals surface area (Å²) >= 11 is 0. The molecule has 0 aliphatic carbocycles. The maximum Gasteiger partial charge on any atom is 0.234 e. The first-order chi connectivity index (χ1) is 12.6. The summed E-state index contributed by atoms with van der Waals surface area (Å²) in [6, 6.07) is 1.76. The molecule has 1 aliphatic heterocycles. The number of ether oxygens (including phenoxy) is 2. The van der Waals surface area contributed by atoms with Crippen molar-refractivity contribution in [3.05, 3.63) is 18.5 Å². The summed E-state index contributed by atoms with van der Waals surface area (Å²) < 4.78 is 12.6. The first kappa shape index (κ1) is 16.8. The van der Waals surface area contributed by atoms with Crippen LogP contribution in [-0.2, 0) is 4.74 Å². The highest BCUT2D eigenvalue weighted by Gasteiger charge is 2.24. The van der Waals surface area contributed by atoms with Crippen molar-refractivity contribution in [2.75, 3.05) is 19.0 Å². The molecule has 0 amide bonds. The van der Waals surface area contributed by atoms with Crippen LogP contribution in [0.5, 0.6) is 5.88 Å². The molecule has 4 heterocycles. The van der Waals surface area contributed by atoms with Crippen LogP contribution in [0, 0.1) is 5.92 Å². The predicted octanol–water partition coefficient (Wildman–Crippen LogP) is 2.16. The second-order valence-corrected chi connectivity index (χ2v) is 6.79. The van der Waals surface area contributed by atoms with E-state index in [4.69, 9.17) is 9.47 Å².